The van der Waals surface area contributed by atoms with Crippen LogP contribution in [0.15, 0.2) is 4.42 Å². The Bertz CT molecular complexity index is 349. The summed E-state index contributed by atoms with van der Waals surface area (Å²) >= 11 is 0. The molecule has 90 valence electrons. The quantitative estimate of drug-likeness (QED) is 0.797. The molecule has 2 N–H and O–H groups in total. The Hall–Kier alpha value is -1.59. The van der Waals surface area contributed by atoms with E-state index >= 15 is 0 Å². The minimum Gasteiger partial charge on any atom is -0.465 e. The zero-order chi connectivity index (χ0) is 12.1. The van der Waals surface area contributed by atoms with Gasteiger partial charge in [-0.05, 0) is 12.3 Å². The molecule has 1 atom stereocenters. The highest BCUT2D eigenvalue weighted by Gasteiger charge is 2.17. The van der Waals surface area contributed by atoms with Gasteiger partial charge >= 0.3 is 6.09 Å². The van der Waals surface area contributed by atoms with Gasteiger partial charge in [0.05, 0.1) is 0 Å². The summed E-state index contributed by atoms with van der Waals surface area (Å²) in [5.41, 5.74) is 0. The van der Waals surface area contributed by atoms with E-state index in [0.29, 0.717) is 24.1 Å². The Balaban J connectivity index is 2.58. The van der Waals surface area contributed by atoms with E-state index in [-0.39, 0.29) is 6.04 Å². The highest BCUT2D eigenvalue weighted by Crippen LogP contribution is 2.10. The number of nitrogens with zero attached hydrogens (tertiary/aromatic N) is 2. The average molecular weight is 227 g/mol. The molecule has 0 spiro atoms. The molecule has 0 fully saturated rings. The topological polar surface area (TPSA) is 88.2 Å². The van der Waals surface area contributed by atoms with Crippen LogP contribution in [0.2, 0.25) is 0 Å². The first-order valence-corrected chi connectivity index (χ1v) is 5.25. The number of aromatic nitrogens is 2. The van der Waals surface area contributed by atoms with Crippen molar-refractivity contribution in [2.45, 2.75) is 39.7 Å². The number of hydrogen-bond donors (Lipinski definition) is 2. The van der Waals surface area contributed by atoms with E-state index in [4.69, 9.17) is 9.52 Å². The van der Waals surface area contributed by atoms with Gasteiger partial charge in [-0.2, -0.15) is 0 Å². The van der Waals surface area contributed by atoms with E-state index in [0.717, 1.165) is 6.42 Å². The van der Waals surface area contributed by atoms with Crippen LogP contribution in [0.3, 0.4) is 0 Å². The van der Waals surface area contributed by atoms with Crippen molar-refractivity contribution in [3.05, 3.63) is 11.8 Å². The third-order valence-corrected chi connectivity index (χ3v) is 2.07. The van der Waals surface area contributed by atoms with Crippen molar-refractivity contribution < 1.29 is 14.3 Å². The Morgan fingerprint density at radius 3 is 2.62 bits per heavy atom. The molecule has 1 heterocycles. The van der Waals surface area contributed by atoms with Gasteiger partial charge in [0.2, 0.25) is 11.8 Å². The SMILES string of the molecule is Cc1nnc(CC(CC(C)C)NC(=O)O)o1. The molecule has 0 bridgehead atoms. The number of rotatable bonds is 5. The van der Waals surface area contributed by atoms with E-state index in [1.54, 1.807) is 6.92 Å². The molecule has 1 aromatic rings. The average Bonchev–Trinajstić information content (AvgIpc) is 2.48. The van der Waals surface area contributed by atoms with Gasteiger partial charge < -0.3 is 14.8 Å². The lowest BCUT2D eigenvalue weighted by Gasteiger charge is -2.16. The summed E-state index contributed by atoms with van der Waals surface area (Å²) in [4.78, 5) is 10.6. The fourth-order valence-corrected chi connectivity index (χ4v) is 1.57. The molecule has 6 heteroatoms. The number of amides is 1. The summed E-state index contributed by atoms with van der Waals surface area (Å²) in [6, 6.07) is -0.183. The lowest BCUT2D eigenvalue weighted by atomic mass is 10.0. The second-order valence-electron chi connectivity index (χ2n) is 4.19. The van der Waals surface area contributed by atoms with Crippen LogP contribution in [-0.2, 0) is 6.42 Å². The molecule has 0 aliphatic heterocycles. The van der Waals surface area contributed by atoms with Gasteiger partial charge in [0.15, 0.2) is 0 Å². The highest BCUT2D eigenvalue weighted by molar-refractivity contribution is 5.64. The Morgan fingerprint density at radius 1 is 1.50 bits per heavy atom. The zero-order valence-corrected chi connectivity index (χ0v) is 9.73. The highest BCUT2D eigenvalue weighted by atomic mass is 16.4. The van der Waals surface area contributed by atoms with Gasteiger partial charge in [0.1, 0.15) is 0 Å². The van der Waals surface area contributed by atoms with E-state index in [9.17, 15) is 4.79 Å². The molecule has 0 aliphatic carbocycles. The number of carboxylic acid groups (broad SMARTS) is 1. The lowest BCUT2D eigenvalue weighted by Crippen LogP contribution is -2.36. The maximum atomic E-state index is 10.6. The third-order valence-electron chi connectivity index (χ3n) is 2.07. The standard InChI is InChI=1S/C10H17N3O3/c1-6(2)4-8(11-10(14)15)5-9-13-12-7(3)16-9/h6,8,11H,4-5H2,1-3H3,(H,14,15). The third kappa shape index (κ3) is 4.29. The summed E-state index contributed by atoms with van der Waals surface area (Å²) in [5.74, 6) is 1.37. The first-order valence-electron chi connectivity index (χ1n) is 5.25. The van der Waals surface area contributed by atoms with Crippen LogP contribution in [-0.4, -0.2) is 27.4 Å². The molecule has 0 saturated heterocycles. The summed E-state index contributed by atoms with van der Waals surface area (Å²) in [5, 5.41) is 18.7. The minimum atomic E-state index is -1.03. The Labute approximate surface area is 94.1 Å². The largest absolute Gasteiger partial charge is 0.465 e. The molecule has 0 aromatic carbocycles. The van der Waals surface area contributed by atoms with Crippen LogP contribution in [0.25, 0.3) is 0 Å². The molecule has 16 heavy (non-hydrogen) atoms. The second kappa shape index (κ2) is 5.48. The van der Waals surface area contributed by atoms with Crippen LogP contribution in [0.5, 0.6) is 0 Å². The second-order valence-corrected chi connectivity index (χ2v) is 4.19. The van der Waals surface area contributed by atoms with Crippen molar-refractivity contribution in [3.8, 4) is 0 Å². The normalized spacial score (nSPS) is 12.8. The van der Waals surface area contributed by atoms with E-state index < -0.39 is 6.09 Å². The van der Waals surface area contributed by atoms with Crippen LogP contribution in [0.4, 0.5) is 4.79 Å². The van der Waals surface area contributed by atoms with Crippen molar-refractivity contribution in [1.29, 1.82) is 0 Å². The number of aryl methyl sites for hydroxylation is 1. The number of nitrogens with one attached hydrogen (secondary N) is 1. The van der Waals surface area contributed by atoms with Crippen molar-refractivity contribution in [3.63, 3.8) is 0 Å². The molecule has 6 nitrogen and oxygen atoms in total. The molecule has 0 aliphatic rings. The Kier molecular flexibility index (Phi) is 4.28. The van der Waals surface area contributed by atoms with Gasteiger partial charge in [-0.3, -0.25) is 0 Å². The molecule has 0 radical (unpaired) electrons. The van der Waals surface area contributed by atoms with Crippen LogP contribution >= 0.6 is 0 Å². The van der Waals surface area contributed by atoms with Gasteiger partial charge in [-0.15, -0.1) is 10.2 Å². The maximum absolute atomic E-state index is 10.6. The predicted molar refractivity (Wildman–Crippen MR) is 57.1 cm³/mol. The van der Waals surface area contributed by atoms with E-state index in [2.05, 4.69) is 15.5 Å². The molecule has 1 aromatic heterocycles. The van der Waals surface area contributed by atoms with E-state index in [1.807, 2.05) is 13.8 Å². The summed E-state index contributed by atoms with van der Waals surface area (Å²) in [7, 11) is 0. The maximum Gasteiger partial charge on any atom is 0.404 e. The first kappa shape index (κ1) is 12.5. The monoisotopic (exact) mass is 227 g/mol. The summed E-state index contributed by atoms with van der Waals surface area (Å²) in [6.07, 6.45) is 0.154. The van der Waals surface area contributed by atoms with E-state index in [1.165, 1.54) is 0 Å². The van der Waals surface area contributed by atoms with Crippen LogP contribution in [0, 0.1) is 12.8 Å². The van der Waals surface area contributed by atoms with Crippen LogP contribution < -0.4 is 5.32 Å². The molecule has 1 unspecified atom stereocenters. The molecule has 0 saturated carbocycles. The van der Waals surface area contributed by atoms with Crippen molar-refractivity contribution >= 4 is 6.09 Å². The van der Waals surface area contributed by atoms with Crippen molar-refractivity contribution in [1.82, 2.24) is 15.5 Å². The Morgan fingerprint density at radius 2 is 2.19 bits per heavy atom. The fourth-order valence-electron chi connectivity index (χ4n) is 1.57. The van der Waals surface area contributed by atoms with Gasteiger partial charge in [0, 0.05) is 19.4 Å². The zero-order valence-electron chi connectivity index (χ0n) is 9.73. The molecular formula is C10H17N3O3. The first-order chi connectivity index (χ1) is 7.47. The fraction of sp³-hybridized carbons (Fsp3) is 0.700. The number of carbonyl (C=O) groups is 1. The van der Waals surface area contributed by atoms with Crippen molar-refractivity contribution in [2.24, 2.45) is 5.92 Å². The lowest BCUT2D eigenvalue weighted by molar-refractivity contribution is 0.187. The summed E-state index contributed by atoms with van der Waals surface area (Å²) < 4.78 is 5.22. The van der Waals surface area contributed by atoms with Gasteiger partial charge in [-0.1, -0.05) is 13.8 Å². The predicted octanol–water partition coefficient (Wildman–Crippen LogP) is 1.60. The number of hydrogen-bond acceptors (Lipinski definition) is 4. The van der Waals surface area contributed by atoms with Crippen LogP contribution in [0.1, 0.15) is 32.0 Å². The molecular weight excluding hydrogens is 210 g/mol. The minimum absolute atomic E-state index is 0.183. The van der Waals surface area contributed by atoms with Gasteiger partial charge in [0.25, 0.3) is 0 Å². The van der Waals surface area contributed by atoms with Crippen molar-refractivity contribution in [2.75, 3.05) is 0 Å². The molecule has 1 amide bonds. The van der Waals surface area contributed by atoms with Gasteiger partial charge in [-0.25, -0.2) is 4.79 Å². The summed E-state index contributed by atoms with van der Waals surface area (Å²) in [6.45, 7) is 5.78. The molecule has 1 rings (SSSR count). The smallest absolute Gasteiger partial charge is 0.404 e.